The number of nitrogens with zero attached hydrogens (tertiary/aromatic N) is 3. The molecule has 5 rings (SSSR count). The minimum absolute atomic E-state index is 0.0368. The number of amides is 1. The summed E-state index contributed by atoms with van der Waals surface area (Å²) in [6, 6.07) is 14.8. The summed E-state index contributed by atoms with van der Waals surface area (Å²) in [7, 11) is 0. The zero-order chi connectivity index (χ0) is 28.4. The van der Waals surface area contributed by atoms with Gasteiger partial charge < -0.3 is 20.1 Å². The summed E-state index contributed by atoms with van der Waals surface area (Å²) >= 11 is 6.09. The second-order valence-corrected chi connectivity index (χ2v) is 10.8. The van der Waals surface area contributed by atoms with E-state index in [0.717, 1.165) is 28.8 Å². The van der Waals surface area contributed by atoms with Crippen LogP contribution in [-0.2, 0) is 11.0 Å². The average Bonchev–Trinajstić information content (AvgIpc) is 3.42. The summed E-state index contributed by atoms with van der Waals surface area (Å²) in [6.45, 7) is 6.63. The number of carbonyl (C=O) groups excluding carboxylic acids is 1. The Kier molecular flexibility index (Phi) is 8.05. The summed E-state index contributed by atoms with van der Waals surface area (Å²) in [5, 5.41) is 4.83. The van der Waals surface area contributed by atoms with E-state index < -0.39 is 11.7 Å². The summed E-state index contributed by atoms with van der Waals surface area (Å²) in [5.41, 5.74) is 2.74. The van der Waals surface area contributed by atoms with Crippen LogP contribution in [0.25, 0.3) is 22.2 Å². The Hall–Kier alpha value is -3.56. The maximum Gasteiger partial charge on any atom is 0.416 e. The Bertz CT molecular complexity index is 1480. The fraction of sp³-hybridized carbons (Fsp3) is 0.333. The molecular formula is C30H31ClF3N5O. The van der Waals surface area contributed by atoms with Gasteiger partial charge in [0.05, 0.1) is 17.2 Å². The van der Waals surface area contributed by atoms with Crippen LogP contribution in [0.2, 0.25) is 5.02 Å². The molecule has 2 N–H and O–H groups in total. The Balaban J connectivity index is 1.41. The smallest absolute Gasteiger partial charge is 0.367 e. The minimum Gasteiger partial charge on any atom is -0.367 e. The van der Waals surface area contributed by atoms with E-state index in [4.69, 9.17) is 11.6 Å². The van der Waals surface area contributed by atoms with Gasteiger partial charge in [0.1, 0.15) is 5.65 Å². The van der Waals surface area contributed by atoms with Crippen molar-refractivity contribution in [3.63, 3.8) is 0 Å². The molecule has 0 saturated carbocycles. The molecular weight excluding hydrogens is 539 g/mol. The molecule has 1 fully saturated rings. The average molecular weight is 570 g/mol. The predicted molar refractivity (Wildman–Crippen MR) is 153 cm³/mol. The van der Waals surface area contributed by atoms with Crippen molar-refractivity contribution >= 4 is 34.2 Å². The molecule has 1 aliphatic heterocycles. The highest BCUT2D eigenvalue weighted by molar-refractivity contribution is 6.30. The highest BCUT2D eigenvalue weighted by atomic mass is 35.5. The highest BCUT2D eigenvalue weighted by Gasteiger charge is 2.32. The Labute approximate surface area is 236 Å². The van der Waals surface area contributed by atoms with Crippen LogP contribution in [0.1, 0.15) is 30.9 Å². The molecule has 2 aromatic carbocycles. The number of carbonyl (C=O) groups is 1. The number of nitrogens with one attached hydrogen (secondary N) is 2. The number of rotatable bonds is 7. The molecule has 10 heteroatoms. The first-order valence-corrected chi connectivity index (χ1v) is 13.7. The quantitative estimate of drug-likeness (QED) is 0.273. The largest absolute Gasteiger partial charge is 0.416 e. The van der Waals surface area contributed by atoms with Gasteiger partial charge in [-0.05, 0) is 41.5 Å². The number of fused-ring (bicyclic) bond motifs is 1. The fourth-order valence-electron chi connectivity index (χ4n) is 5.18. The zero-order valence-electron chi connectivity index (χ0n) is 22.3. The molecule has 0 radical (unpaired) electrons. The number of pyridine rings is 1. The lowest BCUT2D eigenvalue weighted by Crippen LogP contribution is -2.51. The first-order valence-electron chi connectivity index (χ1n) is 13.3. The van der Waals surface area contributed by atoms with Crippen LogP contribution in [0.15, 0.2) is 67.0 Å². The van der Waals surface area contributed by atoms with Gasteiger partial charge in [0, 0.05) is 67.1 Å². The molecule has 1 saturated heterocycles. The molecule has 40 heavy (non-hydrogen) atoms. The molecule has 2 aromatic heterocycles. The standard InChI is InChI=1S/C30H31ClF3N5O/c1-19(2)36-18-26(20-6-8-23(31)9-7-20)29(40)39-14-12-38(13-15-39)27-24-10-11-35-28(24)37-17-25(27)21-4-3-5-22(16-21)30(32,33)34/h3-11,16-17,19,26,36H,12-15,18H2,1-2H3,(H,35,37)/t26-/m1/s1. The van der Waals surface area contributed by atoms with E-state index in [1.54, 1.807) is 30.6 Å². The summed E-state index contributed by atoms with van der Waals surface area (Å²) in [6.07, 6.45) is -1.05. The van der Waals surface area contributed by atoms with Gasteiger partial charge in [-0.3, -0.25) is 4.79 Å². The van der Waals surface area contributed by atoms with Gasteiger partial charge in [-0.15, -0.1) is 0 Å². The van der Waals surface area contributed by atoms with Crippen LogP contribution < -0.4 is 10.2 Å². The fourth-order valence-corrected chi connectivity index (χ4v) is 5.30. The van der Waals surface area contributed by atoms with Crippen LogP contribution in [-0.4, -0.2) is 59.5 Å². The number of aromatic amines is 1. The topological polar surface area (TPSA) is 64.3 Å². The maximum absolute atomic E-state index is 13.7. The van der Waals surface area contributed by atoms with E-state index >= 15 is 0 Å². The van der Waals surface area contributed by atoms with Gasteiger partial charge in [0.2, 0.25) is 5.91 Å². The van der Waals surface area contributed by atoms with Crippen LogP contribution >= 0.6 is 11.6 Å². The molecule has 1 aliphatic rings. The van der Waals surface area contributed by atoms with Crippen molar-refractivity contribution in [3.05, 3.63) is 83.1 Å². The van der Waals surface area contributed by atoms with E-state index in [1.807, 2.05) is 36.9 Å². The third-order valence-corrected chi connectivity index (χ3v) is 7.52. The summed E-state index contributed by atoms with van der Waals surface area (Å²) < 4.78 is 40.5. The predicted octanol–water partition coefficient (Wildman–Crippen LogP) is 6.33. The van der Waals surface area contributed by atoms with Gasteiger partial charge in [-0.1, -0.05) is 49.7 Å². The van der Waals surface area contributed by atoms with E-state index in [1.165, 1.54) is 6.07 Å². The van der Waals surface area contributed by atoms with E-state index in [9.17, 15) is 18.0 Å². The monoisotopic (exact) mass is 569 g/mol. The number of aromatic nitrogens is 2. The molecule has 3 heterocycles. The molecule has 0 bridgehead atoms. The number of H-pyrrole nitrogens is 1. The molecule has 0 unspecified atom stereocenters. The molecule has 1 amide bonds. The Morgan fingerprint density at radius 2 is 1.80 bits per heavy atom. The SMILES string of the molecule is CC(C)NC[C@@H](C(=O)N1CCN(c2c(-c3cccc(C(F)(F)F)c3)cnc3[nH]ccc23)CC1)c1ccc(Cl)cc1. The van der Waals surface area contributed by atoms with Crippen molar-refractivity contribution in [1.82, 2.24) is 20.2 Å². The summed E-state index contributed by atoms with van der Waals surface area (Å²) in [4.78, 5) is 25.3. The lowest BCUT2D eigenvalue weighted by Gasteiger charge is -2.38. The van der Waals surface area contributed by atoms with E-state index in [2.05, 4.69) is 20.2 Å². The third kappa shape index (κ3) is 5.95. The third-order valence-electron chi connectivity index (χ3n) is 7.27. The maximum atomic E-state index is 13.7. The van der Waals surface area contributed by atoms with Crippen molar-refractivity contribution < 1.29 is 18.0 Å². The first kappa shape index (κ1) is 28.0. The second-order valence-electron chi connectivity index (χ2n) is 10.3. The van der Waals surface area contributed by atoms with Crippen molar-refractivity contribution in [1.29, 1.82) is 0 Å². The molecule has 210 valence electrons. The Morgan fingerprint density at radius 3 is 2.48 bits per heavy atom. The number of hydrogen-bond acceptors (Lipinski definition) is 4. The highest BCUT2D eigenvalue weighted by Crippen LogP contribution is 2.39. The van der Waals surface area contributed by atoms with Crippen molar-refractivity contribution in [2.45, 2.75) is 32.0 Å². The molecule has 6 nitrogen and oxygen atoms in total. The first-order chi connectivity index (χ1) is 19.1. The van der Waals surface area contributed by atoms with E-state index in [-0.39, 0.29) is 17.9 Å². The minimum atomic E-state index is -4.45. The number of piperazine rings is 1. The van der Waals surface area contributed by atoms with Crippen LogP contribution in [0.5, 0.6) is 0 Å². The van der Waals surface area contributed by atoms with Crippen molar-refractivity contribution in [2.75, 3.05) is 37.6 Å². The van der Waals surface area contributed by atoms with Gasteiger partial charge in [0.15, 0.2) is 0 Å². The Morgan fingerprint density at radius 1 is 1.07 bits per heavy atom. The number of benzene rings is 2. The number of alkyl halides is 3. The molecule has 1 atom stereocenters. The number of anilines is 1. The normalized spacial score (nSPS) is 15.2. The second kappa shape index (κ2) is 11.5. The molecule has 0 spiro atoms. The lowest BCUT2D eigenvalue weighted by molar-refractivity contribution is -0.137. The zero-order valence-corrected chi connectivity index (χ0v) is 23.1. The van der Waals surface area contributed by atoms with Crippen LogP contribution in [0.3, 0.4) is 0 Å². The van der Waals surface area contributed by atoms with Crippen LogP contribution in [0.4, 0.5) is 18.9 Å². The molecule has 4 aromatic rings. The van der Waals surface area contributed by atoms with Crippen LogP contribution in [0, 0.1) is 0 Å². The summed E-state index contributed by atoms with van der Waals surface area (Å²) in [5.74, 6) is -0.320. The van der Waals surface area contributed by atoms with Gasteiger partial charge in [-0.25, -0.2) is 4.98 Å². The van der Waals surface area contributed by atoms with Gasteiger partial charge in [0.25, 0.3) is 0 Å². The van der Waals surface area contributed by atoms with Crippen molar-refractivity contribution in [2.24, 2.45) is 0 Å². The lowest BCUT2D eigenvalue weighted by atomic mass is 9.96. The van der Waals surface area contributed by atoms with Gasteiger partial charge >= 0.3 is 6.18 Å². The number of hydrogen-bond donors (Lipinski definition) is 2. The van der Waals surface area contributed by atoms with E-state index in [0.29, 0.717) is 54.5 Å². The van der Waals surface area contributed by atoms with Crippen molar-refractivity contribution in [3.8, 4) is 11.1 Å². The van der Waals surface area contributed by atoms with Gasteiger partial charge in [-0.2, -0.15) is 13.2 Å². The molecule has 0 aliphatic carbocycles. The number of halogens is 4.